The molecule has 2 N–H and O–H groups in total. The first-order valence-electron chi connectivity index (χ1n) is 7.70. The Morgan fingerprint density at radius 2 is 1.90 bits per heavy atom. The molecule has 0 aromatic rings. The summed E-state index contributed by atoms with van der Waals surface area (Å²) in [6.45, 7) is 5.25. The molecule has 0 radical (unpaired) electrons. The number of ether oxygens (including phenoxy) is 1. The second-order valence-corrected chi connectivity index (χ2v) is 5.72. The van der Waals surface area contributed by atoms with Crippen LogP contribution >= 0.6 is 0 Å². The highest BCUT2D eigenvalue weighted by molar-refractivity contribution is 5.74. The average Bonchev–Trinajstić information content (AvgIpc) is 3.29. The van der Waals surface area contributed by atoms with E-state index in [1.165, 1.54) is 12.8 Å². The van der Waals surface area contributed by atoms with E-state index in [0.717, 1.165) is 25.6 Å². The molecule has 0 unspecified atom stereocenters. The number of hydrogen-bond donors (Lipinski definition) is 2. The fourth-order valence-electron chi connectivity index (χ4n) is 2.30. The highest BCUT2D eigenvalue weighted by Gasteiger charge is 2.22. The van der Waals surface area contributed by atoms with Crippen LogP contribution in [-0.4, -0.2) is 79.4 Å². The van der Waals surface area contributed by atoms with Gasteiger partial charge in [-0.15, -0.1) is 0 Å². The van der Waals surface area contributed by atoms with Crippen LogP contribution in [0.15, 0.2) is 0 Å². The molecular weight excluding hydrogens is 274 g/mol. The van der Waals surface area contributed by atoms with Gasteiger partial charge < -0.3 is 20.1 Å². The molecule has 7 nitrogen and oxygen atoms in total. The normalized spacial score (nSPS) is 19.5. The molecule has 1 saturated heterocycles. The van der Waals surface area contributed by atoms with E-state index < -0.39 is 5.97 Å². The standard InChI is InChI=1S/C14H25N3O4/c18-13(19)3-5-16-6-8-17(9-7-16)14(20)15-4-10-21-11-12-1-2-12/h12H,1-11H2,(H,15,20)(H,18,19). The third kappa shape index (κ3) is 6.31. The molecule has 2 rings (SSSR count). The molecule has 1 saturated carbocycles. The molecule has 0 aromatic heterocycles. The third-order valence-electron chi connectivity index (χ3n) is 3.87. The number of aliphatic carboxylic acids is 1. The Hall–Kier alpha value is -1.34. The minimum absolute atomic E-state index is 0.0529. The van der Waals surface area contributed by atoms with E-state index in [1.807, 2.05) is 0 Å². The fourth-order valence-corrected chi connectivity index (χ4v) is 2.30. The number of hydrogen-bond acceptors (Lipinski definition) is 4. The number of amides is 2. The van der Waals surface area contributed by atoms with Gasteiger partial charge in [0.15, 0.2) is 0 Å². The molecule has 2 amide bonds. The van der Waals surface area contributed by atoms with Crippen LogP contribution in [-0.2, 0) is 9.53 Å². The lowest BCUT2D eigenvalue weighted by Gasteiger charge is -2.34. The average molecular weight is 299 g/mol. The number of carboxylic acids is 1. The second-order valence-electron chi connectivity index (χ2n) is 5.72. The van der Waals surface area contributed by atoms with Crippen molar-refractivity contribution in [2.45, 2.75) is 19.3 Å². The molecule has 2 aliphatic rings. The maximum Gasteiger partial charge on any atom is 0.317 e. The number of piperazine rings is 1. The van der Waals surface area contributed by atoms with Gasteiger partial charge in [0.25, 0.3) is 0 Å². The first-order valence-corrected chi connectivity index (χ1v) is 7.70. The summed E-state index contributed by atoms with van der Waals surface area (Å²) in [6.07, 6.45) is 2.71. The van der Waals surface area contributed by atoms with Gasteiger partial charge >= 0.3 is 12.0 Å². The molecule has 0 atom stereocenters. The summed E-state index contributed by atoms with van der Waals surface area (Å²) in [5.41, 5.74) is 0. The smallest absolute Gasteiger partial charge is 0.317 e. The van der Waals surface area contributed by atoms with Crippen LogP contribution in [0, 0.1) is 5.92 Å². The molecule has 2 fully saturated rings. The Bertz CT molecular complexity index is 352. The van der Waals surface area contributed by atoms with Crippen LogP contribution in [0.3, 0.4) is 0 Å². The van der Waals surface area contributed by atoms with Gasteiger partial charge in [0.2, 0.25) is 0 Å². The number of urea groups is 1. The van der Waals surface area contributed by atoms with Crippen LogP contribution in [0.5, 0.6) is 0 Å². The van der Waals surface area contributed by atoms with Crippen molar-refractivity contribution in [2.75, 3.05) is 52.5 Å². The predicted molar refractivity (Wildman–Crippen MR) is 77.2 cm³/mol. The Morgan fingerprint density at radius 1 is 1.19 bits per heavy atom. The van der Waals surface area contributed by atoms with E-state index >= 15 is 0 Å². The van der Waals surface area contributed by atoms with Gasteiger partial charge in [0.05, 0.1) is 13.0 Å². The lowest BCUT2D eigenvalue weighted by molar-refractivity contribution is -0.137. The molecule has 1 aliphatic carbocycles. The van der Waals surface area contributed by atoms with E-state index in [1.54, 1.807) is 4.90 Å². The number of nitrogens with zero attached hydrogens (tertiary/aromatic N) is 2. The summed E-state index contributed by atoms with van der Waals surface area (Å²) in [7, 11) is 0. The first kappa shape index (κ1) is 16.0. The Labute approximate surface area is 125 Å². The second kappa shape index (κ2) is 8.19. The summed E-state index contributed by atoms with van der Waals surface area (Å²) in [6, 6.07) is -0.0529. The van der Waals surface area contributed by atoms with E-state index in [2.05, 4.69) is 10.2 Å². The molecule has 1 heterocycles. The van der Waals surface area contributed by atoms with Crippen LogP contribution in [0.2, 0.25) is 0 Å². The summed E-state index contributed by atoms with van der Waals surface area (Å²) < 4.78 is 5.47. The lowest BCUT2D eigenvalue weighted by atomic mass is 10.3. The molecule has 120 valence electrons. The van der Waals surface area contributed by atoms with E-state index in [-0.39, 0.29) is 12.5 Å². The molecule has 21 heavy (non-hydrogen) atoms. The van der Waals surface area contributed by atoms with Crippen LogP contribution in [0.4, 0.5) is 4.79 Å². The van der Waals surface area contributed by atoms with E-state index in [4.69, 9.17) is 9.84 Å². The number of carbonyl (C=O) groups excluding carboxylic acids is 1. The Balaban J connectivity index is 1.51. The van der Waals surface area contributed by atoms with Crippen molar-refractivity contribution in [2.24, 2.45) is 5.92 Å². The van der Waals surface area contributed by atoms with Crippen molar-refractivity contribution >= 4 is 12.0 Å². The fraction of sp³-hybridized carbons (Fsp3) is 0.857. The maximum absolute atomic E-state index is 11.9. The van der Waals surface area contributed by atoms with Crippen LogP contribution < -0.4 is 5.32 Å². The zero-order valence-electron chi connectivity index (χ0n) is 12.4. The van der Waals surface area contributed by atoms with Crippen molar-refractivity contribution < 1.29 is 19.4 Å². The molecule has 0 aromatic carbocycles. The topological polar surface area (TPSA) is 82.1 Å². The van der Waals surface area contributed by atoms with Gasteiger partial charge in [-0.3, -0.25) is 9.69 Å². The molecule has 7 heteroatoms. The number of rotatable bonds is 8. The van der Waals surface area contributed by atoms with Crippen molar-refractivity contribution in [1.29, 1.82) is 0 Å². The van der Waals surface area contributed by atoms with Crippen LogP contribution in [0.25, 0.3) is 0 Å². The monoisotopic (exact) mass is 299 g/mol. The highest BCUT2D eigenvalue weighted by Crippen LogP contribution is 2.28. The zero-order valence-corrected chi connectivity index (χ0v) is 12.4. The van der Waals surface area contributed by atoms with Gasteiger partial charge in [-0.2, -0.15) is 0 Å². The van der Waals surface area contributed by atoms with Gasteiger partial charge in [0, 0.05) is 45.9 Å². The maximum atomic E-state index is 11.9. The largest absolute Gasteiger partial charge is 0.481 e. The van der Waals surface area contributed by atoms with Crippen LogP contribution in [0.1, 0.15) is 19.3 Å². The molecular formula is C14H25N3O4. The minimum atomic E-state index is -0.777. The zero-order chi connectivity index (χ0) is 15.1. The molecule has 0 spiro atoms. The van der Waals surface area contributed by atoms with Crippen molar-refractivity contribution in [3.63, 3.8) is 0 Å². The van der Waals surface area contributed by atoms with E-state index in [9.17, 15) is 9.59 Å². The van der Waals surface area contributed by atoms with Crippen molar-refractivity contribution in [3.8, 4) is 0 Å². The number of nitrogens with one attached hydrogen (secondary N) is 1. The summed E-state index contributed by atoms with van der Waals surface area (Å²) >= 11 is 0. The SMILES string of the molecule is O=C(O)CCN1CCN(C(=O)NCCOCC2CC2)CC1. The Morgan fingerprint density at radius 3 is 2.52 bits per heavy atom. The summed E-state index contributed by atoms with van der Waals surface area (Å²) in [5, 5.41) is 11.5. The lowest BCUT2D eigenvalue weighted by Crippen LogP contribution is -2.52. The summed E-state index contributed by atoms with van der Waals surface area (Å²) in [4.78, 5) is 26.3. The minimum Gasteiger partial charge on any atom is -0.481 e. The van der Waals surface area contributed by atoms with Gasteiger partial charge in [0.1, 0.15) is 0 Å². The Kier molecular flexibility index (Phi) is 6.25. The first-order chi connectivity index (χ1) is 10.1. The number of carboxylic acid groups (broad SMARTS) is 1. The molecule has 0 bridgehead atoms. The van der Waals surface area contributed by atoms with Crippen molar-refractivity contribution in [1.82, 2.24) is 15.1 Å². The van der Waals surface area contributed by atoms with E-state index in [0.29, 0.717) is 32.8 Å². The quantitative estimate of drug-likeness (QED) is 0.626. The van der Waals surface area contributed by atoms with Crippen molar-refractivity contribution in [3.05, 3.63) is 0 Å². The summed E-state index contributed by atoms with van der Waals surface area (Å²) in [5.74, 6) is -0.0269. The van der Waals surface area contributed by atoms with Gasteiger partial charge in [-0.05, 0) is 18.8 Å². The van der Waals surface area contributed by atoms with Gasteiger partial charge in [-0.1, -0.05) is 0 Å². The molecule has 1 aliphatic heterocycles. The number of carbonyl (C=O) groups is 2. The van der Waals surface area contributed by atoms with Gasteiger partial charge in [-0.25, -0.2) is 4.79 Å². The highest BCUT2D eigenvalue weighted by atomic mass is 16.5. The predicted octanol–water partition coefficient (Wildman–Crippen LogP) is 0.215. The third-order valence-corrected chi connectivity index (χ3v) is 3.87.